The summed E-state index contributed by atoms with van der Waals surface area (Å²) in [6, 6.07) is 0. The fourth-order valence-corrected chi connectivity index (χ4v) is 0.574. The fourth-order valence-electron chi connectivity index (χ4n) is 0.574. The Morgan fingerprint density at radius 2 is 2.33 bits per heavy atom. The molecule has 1 aromatic rings. The molecule has 1 heterocycles. The predicted octanol–water partition coefficient (Wildman–Crippen LogP) is 0.0981. The molecule has 0 amide bonds. The molecule has 0 spiro atoms. The summed E-state index contributed by atoms with van der Waals surface area (Å²) < 4.78 is 1.77. The van der Waals surface area contributed by atoms with Gasteiger partial charge in [0, 0.05) is 14.1 Å². The Bertz CT molecular complexity index is 162. The second kappa shape index (κ2) is 2.39. The van der Waals surface area contributed by atoms with Crippen molar-refractivity contribution in [3.63, 3.8) is 0 Å². The lowest BCUT2D eigenvalue weighted by Gasteiger charge is -1.94. The van der Waals surface area contributed by atoms with E-state index in [9.17, 15) is 0 Å². The van der Waals surface area contributed by atoms with Crippen LogP contribution in [0.1, 0.15) is 0 Å². The Hall–Kier alpha value is -1.19. The summed E-state index contributed by atoms with van der Waals surface area (Å²) in [6.45, 7) is 0. The minimum atomic E-state index is 0.865. The number of hydrogen-bond acceptors (Lipinski definition) is 3. The molecule has 4 nitrogen and oxygen atoms in total. The van der Waals surface area contributed by atoms with E-state index in [0.717, 1.165) is 5.82 Å². The minimum Gasteiger partial charge on any atom is -0.372 e. The summed E-state index contributed by atoms with van der Waals surface area (Å²) in [7, 11) is 3.67. The van der Waals surface area contributed by atoms with Crippen molar-refractivity contribution in [3.8, 4) is 0 Å². The van der Waals surface area contributed by atoms with Gasteiger partial charge < -0.3 is 10.7 Å². The molecule has 2 N–H and O–H groups in total. The third-order valence-corrected chi connectivity index (χ3v) is 1.10. The van der Waals surface area contributed by atoms with Gasteiger partial charge in [-0.15, -0.1) is 0 Å². The molecular weight excluding hydrogens is 116 g/mol. The van der Waals surface area contributed by atoms with Crippen molar-refractivity contribution in [2.45, 2.75) is 0 Å². The van der Waals surface area contributed by atoms with Crippen LogP contribution in [0, 0.1) is 0 Å². The first-order chi connectivity index (χ1) is 4.36. The van der Waals surface area contributed by atoms with Crippen LogP contribution in [0.5, 0.6) is 0 Å². The number of nitrogens with zero attached hydrogens (tertiary/aromatic N) is 2. The average molecular weight is 126 g/mol. The van der Waals surface area contributed by atoms with Gasteiger partial charge in [0.2, 0.25) is 0 Å². The van der Waals surface area contributed by atoms with Gasteiger partial charge in [0.1, 0.15) is 12.1 Å². The Balaban J connectivity index is 2.74. The molecule has 0 bridgehead atoms. The highest BCUT2D eigenvalue weighted by molar-refractivity contribution is 5.29. The van der Waals surface area contributed by atoms with Crippen molar-refractivity contribution in [3.05, 3.63) is 12.5 Å². The van der Waals surface area contributed by atoms with E-state index in [-0.39, 0.29) is 0 Å². The Labute approximate surface area is 53.9 Å². The standard InChI is InChI=1S/C5H10N4/c1-6-5-3-9(7-2)4-8-5/h3-4,6-7H,1-2H3. The summed E-state index contributed by atoms with van der Waals surface area (Å²) in [6.07, 6.45) is 3.56. The molecule has 1 aromatic heterocycles. The smallest absolute Gasteiger partial charge is 0.146 e. The highest BCUT2D eigenvalue weighted by Crippen LogP contribution is 1.96. The Morgan fingerprint density at radius 1 is 1.56 bits per heavy atom. The molecule has 0 saturated heterocycles. The van der Waals surface area contributed by atoms with Crippen molar-refractivity contribution in [1.29, 1.82) is 0 Å². The first-order valence-electron chi connectivity index (χ1n) is 2.76. The second-order valence-corrected chi connectivity index (χ2v) is 1.64. The zero-order valence-corrected chi connectivity index (χ0v) is 5.55. The minimum absolute atomic E-state index is 0.865. The van der Waals surface area contributed by atoms with E-state index < -0.39 is 0 Å². The van der Waals surface area contributed by atoms with Gasteiger partial charge in [0.05, 0.1) is 6.20 Å². The van der Waals surface area contributed by atoms with Crippen LogP contribution >= 0.6 is 0 Å². The molecule has 0 aliphatic heterocycles. The van der Waals surface area contributed by atoms with E-state index in [1.807, 2.05) is 20.3 Å². The van der Waals surface area contributed by atoms with Crippen LogP contribution < -0.4 is 10.7 Å². The normalized spacial score (nSPS) is 9.11. The molecule has 0 aromatic carbocycles. The van der Waals surface area contributed by atoms with E-state index in [4.69, 9.17) is 0 Å². The highest BCUT2D eigenvalue weighted by atomic mass is 15.4. The number of rotatable bonds is 2. The summed E-state index contributed by atoms with van der Waals surface area (Å²) in [5.41, 5.74) is 2.90. The van der Waals surface area contributed by atoms with Crippen molar-refractivity contribution in [1.82, 2.24) is 9.66 Å². The third kappa shape index (κ3) is 1.13. The van der Waals surface area contributed by atoms with Crippen LogP contribution in [0.3, 0.4) is 0 Å². The van der Waals surface area contributed by atoms with Crippen LogP contribution in [0.2, 0.25) is 0 Å². The van der Waals surface area contributed by atoms with E-state index >= 15 is 0 Å². The third-order valence-electron chi connectivity index (χ3n) is 1.10. The van der Waals surface area contributed by atoms with Crippen LogP contribution in [0.15, 0.2) is 12.5 Å². The number of aromatic nitrogens is 2. The van der Waals surface area contributed by atoms with E-state index in [2.05, 4.69) is 15.7 Å². The molecule has 0 unspecified atom stereocenters. The monoisotopic (exact) mass is 126 g/mol. The van der Waals surface area contributed by atoms with Gasteiger partial charge in [-0.25, -0.2) is 4.98 Å². The quantitative estimate of drug-likeness (QED) is 0.590. The molecule has 0 aliphatic carbocycles. The maximum atomic E-state index is 3.99. The zero-order chi connectivity index (χ0) is 6.69. The van der Waals surface area contributed by atoms with Crippen LogP contribution in [-0.2, 0) is 0 Å². The van der Waals surface area contributed by atoms with Crippen molar-refractivity contribution in [2.75, 3.05) is 24.8 Å². The van der Waals surface area contributed by atoms with Gasteiger partial charge in [-0.3, -0.25) is 4.68 Å². The maximum Gasteiger partial charge on any atom is 0.146 e. The average Bonchev–Trinajstić information content (AvgIpc) is 2.34. The summed E-state index contributed by atoms with van der Waals surface area (Å²) in [5, 5.41) is 2.91. The van der Waals surface area contributed by atoms with Gasteiger partial charge in [0.15, 0.2) is 0 Å². The molecule has 9 heavy (non-hydrogen) atoms. The maximum absolute atomic E-state index is 3.99. The topological polar surface area (TPSA) is 41.9 Å². The molecule has 50 valence electrons. The SMILES string of the molecule is CNc1cn(NC)cn1. The summed E-state index contributed by atoms with van der Waals surface area (Å²) in [5.74, 6) is 0.865. The summed E-state index contributed by atoms with van der Waals surface area (Å²) >= 11 is 0. The van der Waals surface area contributed by atoms with Gasteiger partial charge in [0.25, 0.3) is 0 Å². The first-order valence-corrected chi connectivity index (χ1v) is 2.76. The predicted molar refractivity (Wildman–Crippen MR) is 37.1 cm³/mol. The zero-order valence-electron chi connectivity index (χ0n) is 5.55. The first kappa shape index (κ1) is 5.94. The number of hydrogen-bond donors (Lipinski definition) is 2. The van der Waals surface area contributed by atoms with Gasteiger partial charge in [-0.05, 0) is 0 Å². The summed E-state index contributed by atoms with van der Waals surface area (Å²) in [4.78, 5) is 3.99. The van der Waals surface area contributed by atoms with E-state index in [1.54, 1.807) is 11.0 Å². The fraction of sp³-hybridized carbons (Fsp3) is 0.400. The van der Waals surface area contributed by atoms with Gasteiger partial charge >= 0.3 is 0 Å². The van der Waals surface area contributed by atoms with Gasteiger partial charge in [-0.2, -0.15) is 0 Å². The van der Waals surface area contributed by atoms with Crippen molar-refractivity contribution < 1.29 is 0 Å². The molecule has 0 radical (unpaired) electrons. The van der Waals surface area contributed by atoms with Crippen LogP contribution in [-0.4, -0.2) is 23.8 Å². The molecule has 4 heteroatoms. The molecule has 0 aliphatic rings. The molecule has 0 saturated carbocycles. The van der Waals surface area contributed by atoms with Crippen LogP contribution in [0.25, 0.3) is 0 Å². The lowest BCUT2D eigenvalue weighted by Crippen LogP contribution is -2.04. The second-order valence-electron chi connectivity index (χ2n) is 1.64. The molecule has 0 atom stereocenters. The van der Waals surface area contributed by atoms with Gasteiger partial charge in [-0.1, -0.05) is 0 Å². The van der Waals surface area contributed by atoms with Crippen LogP contribution in [0.4, 0.5) is 5.82 Å². The highest BCUT2D eigenvalue weighted by Gasteiger charge is 1.89. The number of nitrogens with one attached hydrogen (secondary N) is 2. The molecule has 1 rings (SSSR count). The van der Waals surface area contributed by atoms with Crippen molar-refractivity contribution >= 4 is 5.82 Å². The van der Waals surface area contributed by atoms with E-state index in [1.165, 1.54) is 0 Å². The largest absolute Gasteiger partial charge is 0.372 e. The Morgan fingerprint density at radius 3 is 2.67 bits per heavy atom. The molecule has 0 fully saturated rings. The lowest BCUT2D eigenvalue weighted by molar-refractivity contribution is 0.924. The number of anilines is 1. The van der Waals surface area contributed by atoms with Crippen molar-refractivity contribution in [2.24, 2.45) is 0 Å². The van der Waals surface area contributed by atoms with E-state index in [0.29, 0.717) is 0 Å². The Kier molecular flexibility index (Phi) is 1.58. The number of imidazole rings is 1. The molecular formula is C5H10N4. The lowest BCUT2D eigenvalue weighted by atomic mass is 10.8.